The summed E-state index contributed by atoms with van der Waals surface area (Å²) in [6, 6.07) is 20.0. The van der Waals surface area contributed by atoms with E-state index in [0.29, 0.717) is 12.3 Å². The number of aliphatic hydroxyl groups excluding tert-OH is 3. The molecular formula is C28H31N3O5. The summed E-state index contributed by atoms with van der Waals surface area (Å²) >= 11 is 0. The highest BCUT2D eigenvalue weighted by atomic mass is 16.5. The molecule has 0 unspecified atom stereocenters. The summed E-state index contributed by atoms with van der Waals surface area (Å²) in [7, 11) is 0. The first-order chi connectivity index (χ1) is 17.3. The summed E-state index contributed by atoms with van der Waals surface area (Å²) in [5.74, 6) is 0.273. The van der Waals surface area contributed by atoms with Crippen LogP contribution in [0.1, 0.15) is 25.8 Å². The summed E-state index contributed by atoms with van der Waals surface area (Å²) in [5, 5.41) is 33.4. The predicted molar refractivity (Wildman–Crippen MR) is 139 cm³/mol. The van der Waals surface area contributed by atoms with Gasteiger partial charge in [-0.15, -0.1) is 0 Å². The van der Waals surface area contributed by atoms with Crippen LogP contribution in [-0.4, -0.2) is 65.1 Å². The molecule has 2 aliphatic heterocycles. The SMILES string of the molecule is CC1(C)c2ccccc2N(CCC(=O)NC(CO)(CO)CO)[C@@]12C=Nc1c(ccc3ccccc13)O2. The molecule has 1 amide bonds. The Morgan fingerprint density at radius 1 is 1.00 bits per heavy atom. The zero-order valence-electron chi connectivity index (χ0n) is 20.4. The average molecular weight is 490 g/mol. The van der Waals surface area contributed by atoms with Crippen molar-refractivity contribution in [2.24, 2.45) is 4.99 Å². The number of nitrogens with one attached hydrogen (secondary N) is 1. The molecule has 8 heteroatoms. The van der Waals surface area contributed by atoms with E-state index in [1.54, 1.807) is 0 Å². The Labute approximate surface area is 209 Å². The highest BCUT2D eigenvalue weighted by Crippen LogP contribution is 2.54. The Morgan fingerprint density at radius 2 is 1.69 bits per heavy atom. The lowest BCUT2D eigenvalue weighted by Crippen LogP contribution is -2.63. The van der Waals surface area contributed by atoms with Crippen molar-refractivity contribution in [2.45, 2.75) is 36.9 Å². The number of ether oxygens (including phenoxy) is 1. The van der Waals surface area contributed by atoms with E-state index in [1.165, 1.54) is 0 Å². The fourth-order valence-corrected chi connectivity index (χ4v) is 5.28. The lowest BCUT2D eigenvalue weighted by molar-refractivity contribution is -0.125. The molecule has 5 rings (SSSR count). The van der Waals surface area contributed by atoms with Crippen molar-refractivity contribution >= 4 is 34.3 Å². The second-order valence-corrected chi connectivity index (χ2v) is 10.0. The van der Waals surface area contributed by atoms with Gasteiger partial charge in [-0.05, 0) is 36.9 Å². The minimum atomic E-state index is -1.47. The zero-order chi connectivity index (χ0) is 25.6. The molecule has 0 aromatic heterocycles. The number of anilines is 1. The van der Waals surface area contributed by atoms with Crippen molar-refractivity contribution in [3.8, 4) is 5.75 Å². The molecule has 1 spiro atoms. The quantitative estimate of drug-likeness (QED) is 0.406. The van der Waals surface area contributed by atoms with Gasteiger partial charge in [-0.1, -0.05) is 48.5 Å². The van der Waals surface area contributed by atoms with Gasteiger partial charge in [0.1, 0.15) is 17.0 Å². The van der Waals surface area contributed by atoms with Gasteiger partial charge in [0.15, 0.2) is 0 Å². The number of benzene rings is 3. The van der Waals surface area contributed by atoms with Crippen molar-refractivity contribution in [3.05, 3.63) is 66.2 Å². The molecule has 3 aromatic carbocycles. The van der Waals surface area contributed by atoms with Crippen molar-refractivity contribution in [3.63, 3.8) is 0 Å². The van der Waals surface area contributed by atoms with Crippen molar-refractivity contribution in [1.82, 2.24) is 5.32 Å². The minimum absolute atomic E-state index is 0.0513. The number of aliphatic hydroxyl groups is 3. The van der Waals surface area contributed by atoms with Crippen LogP contribution in [0.2, 0.25) is 0 Å². The maximum atomic E-state index is 12.8. The Bertz CT molecular complexity index is 1330. The maximum Gasteiger partial charge on any atom is 0.228 e. The smallest absolute Gasteiger partial charge is 0.228 e. The van der Waals surface area contributed by atoms with Gasteiger partial charge in [0, 0.05) is 24.0 Å². The van der Waals surface area contributed by atoms with Crippen LogP contribution < -0.4 is 15.0 Å². The second kappa shape index (κ2) is 8.89. The molecule has 0 fully saturated rings. The van der Waals surface area contributed by atoms with Crippen LogP contribution in [0.3, 0.4) is 0 Å². The Kier molecular flexibility index (Phi) is 5.98. The topological polar surface area (TPSA) is 115 Å². The molecule has 0 saturated heterocycles. The van der Waals surface area contributed by atoms with Gasteiger partial charge in [-0.2, -0.15) is 0 Å². The van der Waals surface area contributed by atoms with Crippen LogP contribution >= 0.6 is 0 Å². The third-order valence-electron chi connectivity index (χ3n) is 7.54. The standard InChI is InChI=1S/C28H31N3O5/c1-26(2)21-9-5-6-10-22(21)31(14-13-24(35)30-27(16-32,17-33)18-34)28(26)15-29-25-20-8-4-3-7-19(20)11-12-23(25)36-28/h3-12,15,32-34H,13-14,16-18H2,1-2H3,(H,30,35)/t28-/m1/s1. The summed E-state index contributed by atoms with van der Waals surface area (Å²) in [6.45, 7) is 2.79. The van der Waals surface area contributed by atoms with Gasteiger partial charge in [0.25, 0.3) is 0 Å². The first kappa shape index (κ1) is 24.2. The molecule has 36 heavy (non-hydrogen) atoms. The van der Waals surface area contributed by atoms with Crippen LogP contribution in [0, 0.1) is 0 Å². The number of amides is 1. The predicted octanol–water partition coefficient (Wildman–Crippen LogP) is 2.65. The Balaban J connectivity index is 1.51. The molecule has 2 heterocycles. The van der Waals surface area contributed by atoms with E-state index in [0.717, 1.165) is 27.7 Å². The molecular weight excluding hydrogens is 458 g/mol. The van der Waals surface area contributed by atoms with E-state index in [1.807, 2.05) is 60.8 Å². The van der Waals surface area contributed by atoms with Gasteiger partial charge in [-0.3, -0.25) is 9.79 Å². The van der Waals surface area contributed by atoms with Crippen LogP contribution in [0.25, 0.3) is 10.8 Å². The molecule has 1 atom stereocenters. The minimum Gasteiger partial charge on any atom is -0.459 e. The number of hydrogen-bond acceptors (Lipinski definition) is 7. The summed E-state index contributed by atoms with van der Waals surface area (Å²) in [6.07, 6.45) is 1.90. The molecule has 2 aliphatic rings. The third kappa shape index (κ3) is 3.56. The van der Waals surface area contributed by atoms with Crippen LogP contribution in [0.15, 0.2) is 65.7 Å². The lowest BCUT2D eigenvalue weighted by atomic mass is 9.77. The van der Waals surface area contributed by atoms with Crippen LogP contribution in [0.5, 0.6) is 5.75 Å². The molecule has 0 bridgehead atoms. The molecule has 0 saturated carbocycles. The lowest BCUT2D eigenvalue weighted by Gasteiger charge is -2.46. The van der Waals surface area contributed by atoms with Crippen molar-refractivity contribution < 1.29 is 24.9 Å². The molecule has 3 aromatic rings. The van der Waals surface area contributed by atoms with E-state index >= 15 is 0 Å². The van der Waals surface area contributed by atoms with Gasteiger partial charge in [0.05, 0.1) is 31.5 Å². The monoisotopic (exact) mass is 489 g/mol. The number of nitrogens with zero attached hydrogens (tertiary/aromatic N) is 2. The summed E-state index contributed by atoms with van der Waals surface area (Å²) in [4.78, 5) is 19.8. The largest absolute Gasteiger partial charge is 0.459 e. The van der Waals surface area contributed by atoms with E-state index in [4.69, 9.17) is 9.73 Å². The fourth-order valence-electron chi connectivity index (χ4n) is 5.28. The number of carbonyl (C=O) groups is 1. The summed E-state index contributed by atoms with van der Waals surface area (Å²) in [5.41, 5.74) is -0.145. The average Bonchev–Trinajstić information content (AvgIpc) is 3.08. The number of aliphatic imine (C=N–C) groups is 1. The van der Waals surface area contributed by atoms with Gasteiger partial charge in [0.2, 0.25) is 11.6 Å². The third-order valence-corrected chi connectivity index (χ3v) is 7.54. The molecule has 0 aliphatic carbocycles. The van der Waals surface area contributed by atoms with Gasteiger partial charge >= 0.3 is 0 Å². The Hall–Kier alpha value is -3.46. The van der Waals surface area contributed by atoms with E-state index < -0.39 is 42.4 Å². The van der Waals surface area contributed by atoms with E-state index in [2.05, 4.69) is 30.1 Å². The molecule has 188 valence electrons. The molecule has 0 radical (unpaired) electrons. The maximum absolute atomic E-state index is 12.8. The fraction of sp³-hybridized carbons (Fsp3) is 0.357. The zero-order valence-corrected chi connectivity index (χ0v) is 20.4. The van der Waals surface area contributed by atoms with E-state index in [-0.39, 0.29) is 6.42 Å². The second-order valence-electron chi connectivity index (χ2n) is 10.0. The number of carbonyl (C=O) groups excluding carboxylic acids is 1. The van der Waals surface area contributed by atoms with Gasteiger partial charge < -0.3 is 30.3 Å². The number of hydrogen-bond donors (Lipinski definition) is 4. The number of fused-ring (bicyclic) bond motifs is 4. The van der Waals surface area contributed by atoms with Crippen LogP contribution in [-0.2, 0) is 10.2 Å². The van der Waals surface area contributed by atoms with Crippen molar-refractivity contribution in [1.29, 1.82) is 0 Å². The highest BCUT2D eigenvalue weighted by molar-refractivity contribution is 6.00. The Morgan fingerprint density at radius 3 is 2.44 bits per heavy atom. The first-order valence-electron chi connectivity index (χ1n) is 12.1. The van der Waals surface area contributed by atoms with Crippen LogP contribution in [0.4, 0.5) is 11.4 Å². The molecule has 8 nitrogen and oxygen atoms in total. The normalized spacial score (nSPS) is 19.8. The first-order valence-corrected chi connectivity index (χ1v) is 12.1. The number of rotatable bonds is 7. The van der Waals surface area contributed by atoms with Crippen molar-refractivity contribution in [2.75, 3.05) is 31.3 Å². The highest BCUT2D eigenvalue weighted by Gasteiger charge is 2.59. The van der Waals surface area contributed by atoms with E-state index in [9.17, 15) is 20.1 Å². The number of para-hydroxylation sites is 1. The summed E-state index contributed by atoms with van der Waals surface area (Å²) < 4.78 is 6.82. The van der Waals surface area contributed by atoms with Gasteiger partial charge in [-0.25, -0.2) is 0 Å². The molecule has 4 N–H and O–H groups in total.